The molecule has 10 heteroatoms. The summed E-state index contributed by atoms with van der Waals surface area (Å²) in [6.07, 6.45) is 5.29. The zero-order valence-electron chi connectivity index (χ0n) is 19.1. The highest BCUT2D eigenvalue weighted by Gasteiger charge is 2.24. The van der Waals surface area contributed by atoms with Gasteiger partial charge in [0.1, 0.15) is 11.7 Å². The number of halogens is 1. The molecule has 0 radical (unpaired) electrons. The standard InChI is InChI=1S/C18H24IN6O2P.C3H8/c1-6-13-12-8-14(21-10-15(12)25(22-13)28-19)16-17(26-7-2)23-24(5)18(16)27-11(3)9-20-4;1-3-2/h6,8,10-11,20,28H,1,7,9H2,2-5H3;3H2,1-2H3. The molecular formula is C21H32IN6O2P. The zero-order chi connectivity index (χ0) is 23.0. The molecule has 170 valence electrons. The molecule has 3 aromatic heterocycles. The third-order valence-electron chi connectivity index (χ3n) is 4.17. The van der Waals surface area contributed by atoms with Crippen LogP contribution < -0.4 is 14.8 Å². The second-order valence-electron chi connectivity index (χ2n) is 6.91. The fourth-order valence-corrected chi connectivity index (χ4v) is 4.50. The maximum absolute atomic E-state index is 6.17. The molecule has 0 bridgehead atoms. The zero-order valence-corrected chi connectivity index (χ0v) is 22.2. The Morgan fingerprint density at radius 1 is 1.32 bits per heavy atom. The molecule has 0 spiro atoms. The van der Waals surface area contributed by atoms with Crippen molar-refractivity contribution < 1.29 is 9.47 Å². The van der Waals surface area contributed by atoms with Crippen LogP contribution in [0.2, 0.25) is 0 Å². The molecule has 8 nitrogen and oxygen atoms in total. The Balaban J connectivity index is 0.00000107. The molecule has 3 rings (SSSR count). The van der Waals surface area contributed by atoms with Crippen molar-refractivity contribution in [2.24, 2.45) is 7.05 Å². The van der Waals surface area contributed by atoms with Gasteiger partial charge in [-0.25, -0.2) is 9.13 Å². The van der Waals surface area contributed by atoms with Crippen LogP contribution >= 0.6 is 28.4 Å². The summed E-state index contributed by atoms with van der Waals surface area (Å²) in [5, 5.41) is 13.2. The van der Waals surface area contributed by atoms with Gasteiger partial charge in [-0.15, -0.1) is 5.10 Å². The molecule has 3 heterocycles. The molecule has 31 heavy (non-hydrogen) atoms. The van der Waals surface area contributed by atoms with Crippen LogP contribution in [0.15, 0.2) is 18.8 Å². The van der Waals surface area contributed by atoms with Crippen LogP contribution in [-0.4, -0.2) is 50.6 Å². The second-order valence-corrected chi connectivity index (χ2v) is 8.95. The lowest BCUT2D eigenvalue weighted by atomic mass is 10.1. The van der Waals surface area contributed by atoms with Crippen LogP contribution in [0.1, 0.15) is 39.8 Å². The van der Waals surface area contributed by atoms with E-state index in [1.54, 1.807) is 10.8 Å². The summed E-state index contributed by atoms with van der Waals surface area (Å²) in [6, 6.07) is 2.00. The number of likely N-dealkylation sites (N-methyl/N-ethyl adjacent to an activating group) is 1. The van der Waals surface area contributed by atoms with E-state index in [9.17, 15) is 0 Å². The van der Waals surface area contributed by atoms with Crippen LogP contribution in [0.5, 0.6) is 11.8 Å². The number of aryl methyl sites for hydroxylation is 1. The van der Waals surface area contributed by atoms with Gasteiger partial charge < -0.3 is 14.8 Å². The number of rotatable bonds is 9. The van der Waals surface area contributed by atoms with Crippen molar-refractivity contribution in [1.82, 2.24) is 29.6 Å². The van der Waals surface area contributed by atoms with E-state index >= 15 is 0 Å². The predicted octanol–water partition coefficient (Wildman–Crippen LogP) is 5.07. The van der Waals surface area contributed by atoms with E-state index in [4.69, 9.17) is 9.47 Å². The number of fused-ring (bicyclic) bond motifs is 1. The first-order valence-corrected chi connectivity index (χ1v) is 14.4. The fourth-order valence-electron chi connectivity index (χ4n) is 2.99. The Morgan fingerprint density at radius 2 is 2.03 bits per heavy atom. The third kappa shape index (κ3) is 5.96. The average Bonchev–Trinajstić information content (AvgIpc) is 3.25. The van der Waals surface area contributed by atoms with Crippen LogP contribution in [0.25, 0.3) is 28.2 Å². The third-order valence-corrected chi connectivity index (χ3v) is 6.04. The summed E-state index contributed by atoms with van der Waals surface area (Å²) in [4.78, 5) is 4.68. The van der Waals surface area contributed by atoms with Gasteiger partial charge in [-0.2, -0.15) is 5.10 Å². The number of ether oxygens (including phenoxy) is 2. The number of nitrogens with one attached hydrogen (secondary N) is 1. The summed E-state index contributed by atoms with van der Waals surface area (Å²) < 4.78 is 15.6. The Labute approximate surface area is 199 Å². The minimum absolute atomic E-state index is 0.0379. The molecule has 0 aliphatic rings. The van der Waals surface area contributed by atoms with Gasteiger partial charge in [-0.3, -0.25) is 4.98 Å². The summed E-state index contributed by atoms with van der Waals surface area (Å²) >= 11 is 2.30. The van der Waals surface area contributed by atoms with Crippen molar-refractivity contribution in [3.63, 3.8) is 0 Å². The number of pyridine rings is 1. The quantitative estimate of drug-likeness (QED) is 0.292. The molecule has 0 fully saturated rings. The largest absolute Gasteiger partial charge is 0.476 e. The van der Waals surface area contributed by atoms with Gasteiger partial charge in [0.25, 0.3) is 0 Å². The molecular weight excluding hydrogens is 526 g/mol. The van der Waals surface area contributed by atoms with Gasteiger partial charge >= 0.3 is 0 Å². The minimum Gasteiger partial charge on any atom is -0.476 e. The average molecular weight is 558 g/mol. The maximum atomic E-state index is 6.17. The highest BCUT2D eigenvalue weighted by atomic mass is 127. The Bertz CT molecular complexity index is 1000. The Hall–Kier alpha value is -1.71. The van der Waals surface area contributed by atoms with Gasteiger partial charge in [0.15, 0.2) is 0 Å². The molecule has 0 saturated heterocycles. The van der Waals surface area contributed by atoms with Crippen molar-refractivity contribution in [1.29, 1.82) is 0 Å². The van der Waals surface area contributed by atoms with Crippen molar-refractivity contribution in [2.45, 2.75) is 40.2 Å². The van der Waals surface area contributed by atoms with Gasteiger partial charge in [0.2, 0.25) is 11.8 Å². The van der Waals surface area contributed by atoms with E-state index in [2.05, 4.69) is 63.0 Å². The SMILES string of the molecule is C=Cc1nn(PI)c2cnc(-c3c(OCC)nn(C)c3OC(C)CNC)cc12.CCC. The van der Waals surface area contributed by atoms with Crippen LogP contribution in [-0.2, 0) is 7.05 Å². The number of nitrogens with zero attached hydrogens (tertiary/aromatic N) is 5. The Morgan fingerprint density at radius 3 is 2.61 bits per heavy atom. The first-order valence-electron chi connectivity index (χ1n) is 10.3. The molecule has 0 aromatic carbocycles. The minimum atomic E-state index is -0.0379. The number of aromatic nitrogens is 5. The number of hydrogen-bond acceptors (Lipinski definition) is 6. The van der Waals surface area contributed by atoms with E-state index in [-0.39, 0.29) is 6.10 Å². The van der Waals surface area contributed by atoms with Crippen molar-refractivity contribution in [3.05, 3.63) is 24.5 Å². The van der Waals surface area contributed by atoms with E-state index in [1.165, 1.54) is 6.42 Å². The predicted molar refractivity (Wildman–Crippen MR) is 139 cm³/mol. The fraction of sp³-hybridized carbons (Fsp3) is 0.476. The molecule has 0 saturated carbocycles. The summed E-state index contributed by atoms with van der Waals surface area (Å²) in [5.74, 6) is 1.13. The molecule has 3 aromatic rings. The van der Waals surface area contributed by atoms with E-state index in [0.717, 1.165) is 27.9 Å². The molecule has 2 atom stereocenters. The van der Waals surface area contributed by atoms with E-state index in [1.807, 2.05) is 44.7 Å². The normalized spacial score (nSPS) is 12.1. The molecule has 2 unspecified atom stereocenters. The lowest BCUT2D eigenvalue weighted by Gasteiger charge is -2.15. The summed E-state index contributed by atoms with van der Waals surface area (Å²) in [5.41, 5.74) is 3.28. The second kappa shape index (κ2) is 12.4. The summed E-state index contributed by atoms with van der Waals surface area (Å²) in [6.45, 7) is 13.3. The smallest absolute Gasteiger partial charge is 0.246 e. The van der Waals surface area contributed by atoms with Gasteiger partial charge in [-0.1, -0.05) is 26.8 Å². The van der Waals surface area contributed by atoms with E-state index in [0.29, 0.717) is 31.3 Å². The van der Waals surface area contributed by atoms with Crippen LogP contribution in [0, 0.1) is 0 Å². The van der Waals surface area contributed by atoms with Gasteiger partial charge in [-0.05, 0) is 55.1 Å². The number of hydrogen-bond donors (Lipinski definition) is 1. The van der Waals surface area contributed by atoms with Crippen LogP contribution in [0.3, 0.4) is 0 Å². The topological polar surface area (TPSA) is 79.0 Å². The highest BCUT2D eigenvalue weighted by Crippen LogP contribution is 2.39. The van der Waals surface area contributed by atoms with Crippen LogP contribution in [0.4, 0.5) is 0 Å². The van der Waals surface area contributed by atoms with Crippen molar-refractivity contribution in [3.8, 4) is 23.0 Å². The lowest BCUT2D eigenvalue weighted by molar-refractivity contribution is 0.203. The molecule has 0 aliphatic carbocycles. The Kier molecular flexibility index (Phi) is 10.2. The maximum Gasteiger partial charge on any atom is 0.246 e. The lowest BCUT2D eigenvalue weighted by Crippen LogP contribution is -2.27. The van der Waals surface area contributed by atoms with Gasteiger partial charge in [0, 0.05) is 19.0 Å². The highest BCUT2D eigenvalue weighted by molar-refractivity contribution is 14.2. The first-order chi connectivity index (χ1) is 14.9. The van der Waals surface area contributed by atoms with Gasteiger partial charge in [0.05, 0.1) is 36.1 Å². The monoisotopic (exact) mass is 558 g/mol. The van der Waals surface area contributed by atoms with Crippen molar-refractivity contribution in [2.75, 3.05) is 20.2 Å². The molecule has 0 amide bonds. The molecule has 0 aliphatic heterocycles. The first kappa shape index (κ1) is 25.5. The summed E-state index contributed by atoms with van der Waals surface area (Å²) in [7, 11) is 3.74. The van der Waals surface area contributed by atoms with E-state index < -0.39 is 0 Å². The van der Waals surface area contributed by atoms with Crippen molar-refractivity contribution >= 4 is 45.4 Å². The molecule has 1 N–H and O–H groups in total.